The number of pyridine rings is 1. The zero-order valence-corrected chi connectivity index (χ0v) is 12.9. The van der Waals surface area contributed by atoms with E-state index < -0.39 is 5.97 Å². The topological polar surface area (TPSA) is 89.8 Å². The highest BCUT2D eigenvalue weighted by Gasteiger charge is 2.20. The Morgan fingerprint density at radius 2 is 2.09 bits per heavy atom. The minimum Gasteiger partial charge on any atom is -0.489 e. The van der Waals surface area contributed by atoms with Crippen LogP contribution in [0.2, 0.25) is 0 Å². The van der Waals surface area contributed by atoms with Crippen LogP contribution in [0, 0.1) is 0 Å². The molecule has 6 heteroatoms. The van der Waals surface area contributed by atoms with Gasteiger partial charge in [0, 0.05) is 11.8 Å². The third-order valence-electron chi connectivity index (χ3n) is 3.38. The fraction of sp³-hybridized carbons (Fsp3) is 0.176. The Morgan fingerprint density at radius 1 is 1.30 bits per heavy atom. The van der Waals surface area contributed by atoms with Crippen molar-refractivity contribution in [2.45, 2.75) is 20.0 Å². The van der Waals surface area contributed by atoms with Crippen LogP contribution in [0.15, 0.2) is 42.6 Å². The maximum atomic E-state index is 11.7. The molecule has 0 amide bonds. The molecule has 23 heavy (non-hydrogen) atoms. The first kappa shape index (κ1) is 14.9. The van der Waals surface area contributed by atoms with Crippen LogP contribution in [0.1, 0.15) is 24.3 Å². The number of nitrogens with zero attached hydrogens (tertiary/aromatic N) is 2. The van der Waals surface area contributed by atoms with Gasteiger partial charge in [0.15, 0.2) is 5.69 Å². The Hall–Kier alpha value is -3.02. The molecule has 0 fully saturated rings. The van der Waals surface area contributed by atoms with E-state index in [0.29, 0.717) is 28.3 Å². The lowest BCUT2D eigenvalue weighted by molar-refractivity contribution is 0.0690. The van der Waals surface area contributed by atoms with E-state index in [2.05, 4.69) is 4.98 Å². The zero-order valence-electron chi connectivity index (χ0n) is 12.9. The molecular weight excluding hydrogens is 294 g/mol. The van der Waals surface area contributed by atoms with Crippen LogP contribution in [0.4, 0.5) is 5.69 Å². The summed E-state index contributed by atoms with van der Waals surface area (Å²) in [5, 5.41) is 9.54. The van der Waals surface area contributed by atoms with E-state index in [-0.39, 0.29) is 11.8 Å². The summed E-state index contributed by atoms with van der Waals surface area (Å²) in [6, 6.07) is 10.5. The summed E-state index contributed by atoms with van der Waals surface area (Å²) < 4.78 is 7.15. The Kier molecular flexibility index (Phi) is 3.65. The molecule has 3 rings (SSSR count). The summed E-state index contributed by atoms with van der Waals surface area (Å²) in [6.45, 7) is 3.83. The number of nitrogen functional groups attached to an aromatic ring is 1. The van der Waals surface area contributed by atoms with E-state index in [9.17, 15) is 9.90 Å². The van der Waals surface area contributed by atoms with E-state index in [1.54, 1.807) is 40.9 Å². The van der Waals surface area contributed by atoms with Crippen molar-refractivity contribution < 1.29 is 14.6 Å². The lowest BCUT2D eigenvalue weighted by Crippen LogP contribution is -2.07. The van der Waals surface area contributed by atoms with Crippen molar-refractivity contribution in [3.63, 3.8) is 0 Å². The number of ether oxygens (including phenoxy) is 1. The number of aromatic nitrogens is 2. The number of imidazole rings is 1. The quantitative estimate of drug-likeness (QED) is 0.723. The molecule has 0 aliphatic carbocycles. The number of carboxylic acids is 1. The number of benzene rings is 1. The summed E-state index contributed by atoms with van der Waals surface area (Å²) in [5.41, 5.74) is 8.17. The van der Waals surface area contributed by atoms with Gasteiger partial charge in [-0.3, -0.25) is 4.40 Å². The average Bonchev–Trinajstić information content (AvgIpc) is 2.88. The molecule has 2 heterocycles. The number of rotatable bonds is 4. The molecule has 6 nitrogen and oxygen atoms in total. The van der Waals surface area contributed by atoms with Crippen molar-refractivity contribution in [1.29, 1.82) is 0 Å². The van der Waals surface area contributed by atoms with Gasteiger partial charge in [-0.05, 0) is 44.2 Å². The molecule has 0 bridgehead atoms. The molecule has 2 aromatic heterocycles. The van der Waals surface area contributed by atoms with Crippen LogP contribution >= 0.6 is 0 Å². The van der Waals surface area contributed by atoms with Gasteiger partial charge in [-0.2, -0.15) is 0 Å². The maximum Gasteiger partial charge on any atom is 0.355 e. The molecule has 0 aliphatic rings. The highest BCUT2D eigenvalue weighted by Crippen LogP contribution is 2.31. The normalized spacial score (nSPS) is 11.1. The van der Waals surface area contributed by atoms with E-state index in [4.69, 9.17) is 10.5 Å². The van der Waals surface area contributed by atoms with Crippen molar-refractivity contribution in [3.05, 3.63) is 48.3 Å². The van der Waals surface area contributed by atoms with Crippen LogP contribution in [-0.4, -0.2) is 26.6 Å². The molecule has 0 saturated carbocycles. The SMILES string of the molecule is CC(C)Oc1ccc(-c2nc3ccccn3c2C(=O)O)cc1N. The van der Waals surface area contributed by atoms with Gasteiger partial charge in [0.25, 0.3) is 0 Å². The summed E-state index contributed by atoms with van der Waals surface area (Å²) in [5.74, 6) is -0.468. The predicted molar refractivity (Wildman–Crippen MR) is 87.8 cm³/mol. The molecule has 0 aliphatic heterocycles. The molecule has 3 N–H and O–H groups in total. The van der Waals surface area contributed by atoms with Crippen LogP contribution in [0.5, 0.6) is 5.75 Å². The maximum absolute atomic E-state index is 11.7. The zero-order chi connectivity index (χ0) is 16.6. The van der Waals surface area contributed by atoms with E-state index >= 15 is 0 Å². The number of fused-ring (bicyclic) bond motifs is 1. The third kappa shape index (κ3) is 2.70. The first-order valence-corrected chi connectivity index (χ1v) is 7.24. The summed E-state index contributed by atoms with van der Waals surface area (Å²) in [4.78, 5) is 16.1. The Bertz CT molecular complexity index is 884. The van der Waals surface area contributed by atoms with Crippen LogP contribution in [-0.2, 0) is 0 Å². The van der Waals surface area contributed by atoms with Gasteiger partial charge in [-0.1, -0.05) is 6.07 Å². The molecule has 0 radical (unpaired) electrons. The van der Waals surface area contributed by atoms with Gasteiger partial charge in [-0.15, -0.1) is 0 Å². The fourth-order valence-corrected chi connectivity index (χ4v) is 2.46. The number of carbonyl (C=O) groups is 1. The van der Waals surface area contributed by atoms with Gasteiger partial charge >= 0.3 is 5.97 Å². The Labute approximate surface area is 133 Å². The minimum absolute atomic E-state index is 0.00734. The van der Waals surface area contributed by atoms with E-state index in [1.165, 1.54) is 0 Å². The average molecular weight is 311 g/mol. The number of carboxylic acid groups (broad SMARTS) is 1. The third-order valence-corrected chi connectivity index (χ3v) is 3.38. The van der Waals surface area contributed by atoms with Crippen LogP contribution in [0.3, 0.4) is 0 Å². The monoisotopic (exact) mass is 311 g/mol. The van der Waals surface area contributed by atoms with Crippen molar-refractivity contribution >= 4 is 17.3 Å². The standard InChI is InChI=1S/C17H17N3O3/c1-10(2)23-13-7-6-11(9-12(13)18)15-16(17(21)22)20-8-4-3-5-14(20)19-15/h3-10H,18H2,1-2H3,(H,21,22). The molecule has 0 saturated heterocycles. The summed E-state index contributed by atoms with van der Waals surface area (Å²) in [7, 11) is 0. The van der Waals surface area contributed by atoms with Gasteiger partial charge in [-0.25, -0.2) is 9.78 Å². The van der Waals surface area contributed by atoms with Gasteiger partial charge < -0.3 is 15.6 Å². The number of nitrogens with two attached hydrogens (primary N) is 1. The second kappa shape index (κ2) is 5.64. The number of aromatic carboxylic acids is 1. The van der Waals surface area contributed by atoms with Crippen LogP contribution in [0.25, 0.3) is 16.9 Å². The highest BCUT2D eigenvalue weighted by atomic mass is 16.5. The molecular formula is C17H17N3O3. The number of anilines is 1. The van der Waals surface area contributed by atoms with Crippen LogP contribution < -0.4 is 10.5 Å². The lowest BCUT2D eigenvalue weighted by atomic mass is 10.1. The van der Waals surface area contributed by atoms with Gasteiger partial charge in [0.2, 0.25) is 0 Å². The van der Waals surface area contributed by atoms with Crippen molar-refractivity contribution in [3.8, 4) is 17.0 Å². The molecule has 0 unspecified atom stereocenters. The molecule has 0 atom stereocenters. The fourth-order valence-electron chi connectivity index (χ4n) is 2.46. The second-order valence-corrected chi connectivity index (χ2v) is 5.46. The smallest absolute Gasteiger partial charge is 0.355 e. The molecule has 118 valence electrons. The minimum atomic E-state index is -1.04. The number of hydrogen-bond donors (Lipinski definition) is 2. The Morgan fingerprint density at radius 3 is 2.74 bits per heavy atom. The predicted octanol–water partition coefficient (Wildman–Crippen LogP) is 3.07. The van der Waals surface area contributed by atoms with E-state index in [1.807, 2.05) is 19.9 Å². The molecule has 3 aromatic rings. The number of hydrogen-bond acceptors (Lipinski definition) is 4. The van der Waals surface area contributed by atoms with Crippen molar-refractivity contribution in [2.75, 3.05) is 5.73 Å². The van der Waals surface area contributed by atoms with Gasteiger partial charge in [0.05, 0.1) is 11.8 Å². The second-order valence-electron chi connectivity index (χ2n) is 5.46. The highest BCUT2D eigenvalue weighted by molar-refractivity contribution is 5.95. The molecule has 0 spiro atoms. The van der Waals surface area contributed by atoms with Crippen molar-refractivity contribution in [2.24, 2.45) is 0 Å². The summed E-state index contributed by atoms with van der Waals surface area (Å²) in [6.07, 6.45) is 1.68. The lowest BCUT2D eigenvalue weighted by Gasteiger charge is -2.12. The first-order valence-electron chi connectivity index (χ1n) is 7.24. The Balaban J connectivity index is 2.15. The van der Waals surface area contributed by atoms with Crippen molar-refractivity contribution in [1.82, 2.24) is 9.38 Å². The van der Waals surface area contributed by atoms with E-state index in [0.717, 1.165) is 0 Å². The summed E-state index contributed by atoms with van der Waals surface area (Å²) >= 11 is 0. The first-order chi connectivity index (χ1) is 11.0. The molecule has 1 aromatic carbocycles. The largest absolute Gasteiger partial charge is 0.489 e. The van der Waals surface area contributed by atoms with Gasteiger partial charge in [0.1, 0.15) is 17.1 Å².